The lowest BCUT2D eigenvalue weighted by Gasteiger charge is -2.04. The van der Waals surface area contributed by atoms with Crippen LogP contribution in [0.3, 0.4) is 0 Å². The minimum absolute atomic E-state index is 0.729. The maximum Gasteiger partial charge on any atom is 0.127 e. The third-order valence-corrected chi connectivity index (χ3v) is 2.39. The summed E-state index contributed by atoms with van der Waals surface area (Å²) in [6.07, 6.45) is 0. The molecule has 2 rings (SSSR count). The monoisotopic (exact) mass is 217 g/mol. The number of ether oxygens (including phenoxy) is 1. The Labute approximate surface area is 94.3 Å². The van der Waals surface area contributed by atoms with E-state index in [0.29, 0.717) is 0 Å². The molecule has 1 radical (unpaired) electrons. The van der Waals surface area contributed by atoms with Crippen molar-refractivity contribution in [3.05, 3.63) is 53.6 Å². The van der Waals surface area contributed by atoms with E-state index in [1.165, 1.54) is 0 Å². The second-order valence-corrected chi connectivity index (χ2v) is 3.59. The topological polar surface area (TPSA) is 9.23 Å². The highest BCUT2D eigenvalue weighted by Crippen LogP contribution is 2.25. The van der Waals surface area contributed by atoms with Crippen molar-refractivity contribution in [1.29, 1.82) is 0 Å². The zero-order chi connectivity index (χ0) is 10.7. The largest absolute Gasteiger partial charge is 0.496 e. The smallest absolute Gasteiger partial charge is 0.127 e. The molecule has 0 aromatic heterocycles. The second-order valence-electron chi connectivity index (χ2n) is 3.16. The Kier molecular flexibility index (Phi) is 2.93. The molecule has 0 amide bonds. The molecule has 0 spiro atoms. The highest BCUT2D eigenvalue weighted by atomic mass is 35.5. The molecule has 0 unspecified atom stereocenters. The zero-order valence-corrected chi connectivity index (χ0v) is 9.08. The number of benzene rings is 2. The average molecular weight is 218 g/mol. The molecule has 0 saturated heterocycles. The maximum atomic E-state index is 5.93. The summed E-state index contributed by atoms with van der Waals surface area (Å²) >= 11 is 5.93. The van der Waals surface area contributed by atoms with Crippen LogP contribution in [0.4, 0.5) is 0 Å². The minimum atomic E-state index is 0.729. The van der Waals surface area contributed by atoms with Crippen LogP contribution in [0.25, 0.3) is 11.1 Å². The average Bonchev–Trinajstić information content (AvgIpc) is 2.29. The summed E-state index contributed by atoms with van der Waals surface area (Å²) in [5, 5.41) is 0.735. The molecule has 0 aliphatic carbocycles. The van der Waals surface area contributed by atoms with E-state index >= 15 is 0 Å². The van der Waals surface area contributed by atoms with Gasteiger partial charge in [0.25, 0.3) is 0 Å². The molecule has 2 aromatic rings. The first-order valence-electron chi connectivity index (χ1n) is 4.61. The van der Waals surface area contributed by atoms with E-state index in [1.54, 1.807) is 7.11 Å². The lowest BCUT2D eigenvalue weighted by molar-refractivity contribution is 0.414. The Morgan fingerprint density at radius 1 is 1.13 bits per heavy atom. The third kappa shape index (κ3) is 2.31. The van der Waals surface area contributed by atoms with Crippen LogP contribution in [0.5, 0.6) is 5.75 Å². The minimum Gasteiger partial charge on any atom is -0.496 e. The molecular weight excluding hydrogens is 208 g/mol. The fourth-order valence-corrected chi connectivity index (χ4v) is 1.60. The third-order valence-electron chi connectivity index (χ3n) is 2.15. The first-order valence-corrected chi connectivity index (χ1v) is 4.99. The van der Waals surface area contributed by atoms with Crippen molar-refractivity contribution < 1.29 is 4.74 Å². The summed E-state index contributed by atoms with van der Waals surface area (Å²) in [6, 6.07) is 16.5. The van der Waals surface area contributed by atoms with Gasteiger partial charge in [-0.3, -0.25) is 0 Å². The molecule has 0 saturated carbocycles. The van der Waals surface area contributed by atoms with Crippen LogP contribution in [0.2, 0.25) is 5.02 Å². The highest BCUT2D eigenvalue weighted by molar-refractivity contribution is 6.30. The highest BCUT2D eigenvalue weighted by Gasteiger charge is 1.99. The number of hydrogen-bond acceptors (Lipinski definition) is 1. The van der Waals surface area contributed by atoms with Crippen molar-refractivity contribution in [1.82, 2.24) is 0 Å². The van der Waals surface area contributed by atoms with E-state index in [9.17, 15) is 0 Å². The summed E-state index contributed by atoms with van der Waals surface area (Å²) in [6.45, 7) is 0. The van der Waals surface area contributed by atoms with Gasteiger partial charge in [-0.1, -0.05) is 29.8 Å². The molecule has 0 fully saturated rings. The van der Waals surface area contributed by atoms with E-state index in [1.807, 2.05) is 42.5 Å². The summed E-state index contributed by atoms with van der Waals surface area (Å²) in [5.74, 6) is 0.729. The van der Waals surface area contributed by atoms with Crippen molar-refractivity contribution in [3.63, 3.8) is 0 Å². The van der Waals surface area contributed by atoms with Gasteiger partial charge in [-0.2, -0.15) is 0 Å². The van der Waals surface area contributed by atoms with Gasteiger partial charge in [-0.15, -0.1) is 0 Å². The van der Waals surface area contributed by atoms with E-state index < -0.39 is 0 Å². The van der Waals surface area contributed by atoms with E-state index in [0.717, 1.165) is 21.9 Å². The van der Waals surface area contributed by atoms with Crippen LogP contribution >= 0.6 is 11.6 Å². The molecule has 0 bridgehead atoms. The number of methoxy groups -OCH3 is 1. The van der Waals surface area contributed by atoms with Crippen LogP contribution in [0, 0.1) is 6.07 Å². The SMILES string of the molecule is COc1[c]ccc(-c2cccc(Cl)c2)c1. The summed E-state index contributed by atoms with van der Waals surface area (Å²) in [7, 11) is 1.63. The molecule has 75 valence electrons. The first-order chi connectivity index (χ1) is 7.29. The standard InChI is InChI=1S/C13H10ClO/c1-15-13-7-3-5-11(9-13)10-4-2-6-12(14)8-10/h2-6,8-9H,1H3. The van der Waals surface area contributed by atoms with E-state index in [4.69, 9.17) is 16.3 Å². The van der Waals surface area contributed by atoms with Gasteiger partial charge in [0.2, 0.25) is 0 Å². The molecule has 2 aromatic carbocycles. The van der Waals surface area contributed by atoms with Gasteiger partial charge in [0, 0.05) is 11.1 Å². The normalized spacial score (nSPS) is 10.0. The molecule has 0 aliphatic rings. The molecule has 0 atom stereocenters. The fourth-order valence-electron chi connectivity index (χ4n) is 1.41. The van der Waals surface area contributed by atoms with Gasteiger partial charge in [0.1, 0.15) is 5.75 Å². The lowest BCUT2D eigenvalue weighted by atomic mass is 10.1. The lowest BCUT2D eigenvalue weighted by Crippen LogP contribution is -1.83. The van der Waals surface area contributed by atoms with Crippen LogP contribution in [0.15, 0.2) is 42.5 Å². The predicted octanol–water partition coefficient (Wildman–Crippen LogP) is 3.82. The van der Waals surface area contributed by atoms with Crippen molar-refractivity contribution in [2.24, 2.45) is 0 Å². The number of halogens is 1. The van der Waals surface area contributed by atoms with Gasteiger partial charge in [0.15, 0.2) is 0 Å². The Hall–Kier alpha value is -1.47. The molecule has 0 heterocycles. The van der Waals surface area contributed by atoms with Crippen LogP contribution in [-0.2, 0) is 0 Å². The predicted molar refractivity (Wildman–Crippen MR) is 62.3 cm³/mol. The van der Waals surface area contributed by atoms with Crippen molar-refractivity contribution in [2.75, 3.05) is 7.11 Å². The van der Waals surface area contributed by atoms with Gasteiger partial charge in [-0.05, 0) is 35.4 Å². The van der Waals surface area contributed by atoms with Gasteiger partial charge < -0.3 is 4.74 Å². The zero-order valence-electron chi connectivity index (χ0n) is 8.33. The Bertz CT molecular complexity index is 466. The molecule has 2 heteroatoms. The molecule has 15 heavy (non-hydrogen) atoms. The quantitative estimate of drug-likeness (QED) is 0.743. The van der Waals surface area contributed by atoms with E-state index in [2.05, 4.69) is 6.07 Å². The van der Waals surface area contributed by atoms with Crippen molar-refractivity contribution >= 4 is 11.6 Å². The maximum absolute atomic E-state index is 5.93. The second kappa shape index (κ2) is 4.37. The van der Waals surface area contributed by atoms with Crippen LogP contribution in [-0.4, -0.2) is 7.11 Å². The summed E-state index contributed by atoms with van der Waals surface area (Å²) in [5.41, 5.74) is 2.16. The molecule has 1 nitrogen and oxygen atoms in total. The van der Waals surface area contributed by atoms with Crippen molar-refractivity contribution in [3.8, 4) is 16.9 Å². The van der Waals surface area contributed by atoms with Crippen LogP contribution in [0.1, 0.15) is 0 Å². The molecule has 0 aliphatic heterocycles. The molecule has 0 N–H and O–H groups in total. The molecular formula is C13H10ClO. The Balaban J connectivity index is 2.44. The summed E-state index contributed by atoms with van der Waals surface area (Å²) < 4.78 is 5.12. The van der Waals surface area contributed by atoms with E-state index in [-0.39, 0.29) is 0 Å². The van der Waals surface area contributed by atoms with Gasteiger partial charge in [-0.25, -0.2) is 0 Å². The van der Waals surface area contributed by atoms with Crippen LogP contribution < -0.4 is 4.74 Å². The fraction of sp³-hybridized carbons (Fsp3) is 0.0769. The number of hydrogen-bond donors (Lipinski definition) is 0. The van der Waals surface area contributed by atoms with Gasteiger partial charge >= 0.3 is 0 Å². The van der Waals surface area contributed by atoms with Crippen molar-refractivity contribution in [2.45, 2.75) is 0 Å². The first kappa shape index (κ1) is 10.1. The van der Waals surface area contributed by atoms with Gasteiger partial charge in [0.05, 0.1) is 7.11 Å². The Morgan fingerprint density at radius 2 is 1.93 bits per heavy atom. The number of rotatable bonds is 2. The summed E-state index contributed by atoms with van der Waals surface area (Å²) in [4.78, 5) is 0. The Morgan fingerprint density at radius 3 is 2.67 bits per heavy atom.